The second-order valence-electron chi connectivity index (χ2n) is 7.77. The Morgan fingerprint density at radius 1 is 1.10 bits per heavy atom. The molecule has 0 amide bonds. The lowest BCUT2D eigenvalue weighted by atomic mass is 9.76. The Balaban J connectivity index is 2.19. The van der Waals surface area contributed by atoms with E-state index >= 15 is 0 Å². The van der Waals surface area contributed by atoms with Crippen molar-refractivity contribution in [3.05, 3.63) is 42.0 Å². The average Bonchev–Trinajstić information content (AvgIpc) is 2.89. The highest BCUT2D eigenvalue weighted by Crippen LogP contribution is 2.57. The summed E-state index contributed by atoms with van der Waals surface area (Å²) in [5, 5.41) is 11.2. The molecule has 0 aromatic heterocycles. The summed E-state index contributed by atoms with van der Waals surface area (Å²) in [6, 6.07) is 3.70. The maximum Gasteiger partial charge on any atom is 0.203 e. The second-order valence-corrected chi connectivity index (χ2v) is 7.77. The molecule has 1 fully saturated rings. The van der Waals surface area contributed by atoms with Gasteiger partial charge in [0.15, 0.2) is 17.3 Å². The van der Waals surface area contributed by atoms with Crippen molar-refractivity contribution in [2.75, 3.05) is 28.4 Å². The molecule has 1 N–H and O–H groups in total. The summed E-state index contributed by atoms with van der Waals surface area (Å²) in [4.78, 5) is 13.4. The molecule has 0 radical (unpaired) electrons. The Hall–Kier alpha value is -2.31. The van der Waals surface area contributed by atoms with Crippen LogP contribution in [-0.2, 0) is 9.53 Å². The third-order valence-electron chi connectivity index (χ3n) is 6.64. The molecule has 1 aromatic rings. The number of rotatable bonds is 7. The van der Waals surface area contributed by atoms with E-state index in [9.17, 15) is 9.90 Å². The Kier molecular flexibility index (Phi) is 5.79. The predicted octanol–water partition coefficient (Wildman–Crippen LogP) is 3.14. The first-order valence-electron chi connectivity index (χ1n) is 9.73. The van der Waals surface area contributed by atoms with Crippen molar-refractivity contribution in [2.45, 2.75) is 31.5 Å². The number of aliphatic hydroxyl groups is 1. The van der Waals surface area contributed by atoms with Crippen molar-refractivity contribution >= 4 is 5.78 Å². The largest absolute Gasteiger partial charge is 0.493 e. The molecule has 6 atom stereocenters. The number of ether oxygens (including phenoxy) is 4. The van der Waals surface area contributed by atoms with Crippen LogP contribution < -0.4 is 14.2 Å². The summed E-state index contributed by atoms with van der Waals surface area (Å²) in [5.41, 5.74) is 0.527. The van der Waals surface area contributed by atoms with E-state index in [2.05, 4.69) is 6.58 Å². The maximum absolute atomic E-state index is 13.4. The van der Waals surface area contributed by atoms with E-state index in [4.69, 9.17) is 18.9 Å². The van der Waals surface area contributed by atoms with Gasteiger partial charge >= 0.3 is 0 Å². The zero-order chi connectivity index (χ0) is 21.5. The van der Waals surface area contributed by atoms with Crippen LogP contribution in [0.25, 0.3) is 0 Å². The molecule has 2 bridgehead atoms. The first-order chi connectivity index (χ1) is 13.8. The van der Waals surface area contributed by atoms with Crippen molar-refractivity contribution in [3.8, 4) is 17.2 Å². The highest BCUT2D eigenvalue weighted by atomic mass is 16.5. The van der Waals surface area contributed by atoms with Crippen molar-refractivity contribution in [1.29, 1.82) is 0 Å². The molecular formula is C23H30O6. The van der Waals surface area contributed by atoms with Crippen molar-refractivity contribution < 1.29 is 28.8 Å². The minimum Gasteiger partial charge on any atom is -0.493 e. The SMILES string of the molecule is C=C[C@@H](C)C1=C[C@]2(OC)C(=O)[C@H]([C@H](c3cc(OC)c(OC)c(OC)c3)[C@@H]2C)[C@@H]1O. The molecule has 6 nitrogen and oxygen atoms in total. The fourth-order valence-corrected chi connectivity index (χ4v) is 4.98. The van der Waals surface area contributed by atoms with Crippen LogP contribution in [-0.4, -0.2) is 51.0 Å². The average molecular weight is 402 g/mol. The third-order valence-corrected chi connectivity index (χ3v) is 6.64. The van der Waals surface area contributed by atoms with Gasteiger partial charge in [-0.25, -0.2) is 0 Å². The van der Waals surface area contributed by atoms with Crippen LogP contribution in [0.4, 0.5) is 0 Å². The highest BCUT2D eigenvalue weighted by Gasteiger charge is 2.63. The van der Waals surface area contributed by atoms with E-state index in [1.165, 1.54) is 0 Å². The number of allylic oxidation sites excluding steroid dienone is 1. The molecule has 158 valence electrons. The maximum atomic E-state index is 13.4. The number of ketones is 1. The van der Waals surface area contributed by atoms with Crippen LogP contribution in [0.2, 0.25) is 0 Å². The van der Waals surface area contributed by atoms with Gasteiger partial charge in [-0.05, 0) is 35.3 Å². The summed E-state index contributed by atoms with van der Waals surface area (Å²) in [6.45, 7) is 7.79. The number of hydrogen-bond acceptors (Lipinski definition) is 6. The van der Waals surface area contributed by atoms with Gasteiger partial charge in [-0.2, -0.15) is 0 Å². The first kappa shape index (κ1) is 21.4. The van der Waals surface area contributed by atoms with Crippen LogP contribution in [0.3, 0.4) is 0 Å². The zero-order valence-corrected chi connectivity index (χ0v) is 17.9. The van der Waals surface area contributed by atoms with Gasteiger partial charge in [0.1, 0.15) is 5.60 Å². The molecule has 0 saturated heterocycles. The van der Waals surface area contributed by atoms with Crippen LogP contribution in [0.15, 0.2) is 36.4 Å². The second kappa shape index (κ2) is 7.84. The standard InChI is InChI=1S/C23H30O6/c1-8-12(2)15-11-23(29-7)13(3)18(19(20(15)24)22(23)25)14-9-16(26-4)21(28-6)17(10-14)27-5/h8-13,18-20,24H,1H2,2-7H3/t12-,13+,18+,19-,20-,23-/m1/s1. The number of fused-ring (bicyclic) bond motifs is 2. The molecule has 1 aromatic carbocycles. The van der Waals surface area contributed by atoms with Gasteiger partial charge in [-0.15, -0.1) is 6.58 Å². The summed E-state index contributed by atoms with van der Waals surface area (Å²) < 4.78 is 22.2. The van der Waals surface area contributed by atoms with Gasteiger partial charge in [0.25, 0.3) is 0 Å². The number of benzene rings is 1. The number of carbonyl (C=O) groups is 1. The molecule has 1 saturated carbocycles. The van der Waals surface area contributed by atoms with Crippen molar-refractivity contribution in [2.24, 2.45) is 17.8 Å². The topological polar surface area (TPSA) is 74.2 Å². The Bertz CT molecular complexity index is 819. The Morgan fingerprint density at radius 2 is 1.69 bits per heavy atom. The summed E-state index contributed by atoms with van der Waals surface area (Å²) >= 11 is 0. The fraction of sp³-hybridized carbons (Fsp3) is 0.522. The van der Waals surface area contributed by atoms with E-state index in [0.29, 0.717) is 17.2 Å². The lowest BCUT2D eigenvalue weighted by molar-refractivity contribution is -0.140. The molecule has 0 aliphatic heterocycles. The van der Waals surface area contributed by atoms with Gasteiger partial charge < -0.3 is 24.1 Å². The van der Waals surface area contributed by atoms with Gasteiger partial charge in [0, 0.05) is 18.9 Å². The summed E-state index contributed by atoms with van der Waals surface area (Å²) in [6.07, 6.45) is 2.67. The Labute approximate surface area is 172 Å². The molecule has 0 unspecified atom stereocenters. The molecule has 2 aliphatic carbocycles. The van der Waals surface area contributed by atoms with Gasteiger partial charge in [-0.1, -0.05) is 19.9 Å². The quantitative estimate of drug-likeness (QED) is 0.707. The van der Waals surface area contributed by atoms with Crippen molar-refractivity contribution in [3.63, 3.8) is 0 Å². The highest BCUT2D eigenvalue weighted by molar-refractivity contribution is 5.98. The van der Waals surface area contributed by atoms with Crippen molar-refractivity contribution in [1.82, 2.24) is 0 Å². The summed E-state index contributed by atoms with van der Waals surface area (Å²) in [5.74, 6) is 0.233. The minimum absolute atomic E-state index is 0.0685. The van der Waals surface area contributed by atoms with Crippen LogP contribution >= 0.6 is 0 Å². The molecule has 29 heavy (non-hydrogen) atoms. The number of methoxy groups -OCH3 is 4. The lowest BCUT2D eigenvalue weighted by Gasteiger charge is -2.34. The molecule has 6 heteroatoms. The monoisotopic (exact) mass is 402 g/mol. The lowest BCUT2D eigenvalue weighted by Crippen LogP contribution is -2.47. The van der Waals surface area contributed by atoms with Crippen LogP contribution in [0.1, 0.15) is 25.3 Å². The van der Waals surface area contributed by atoms with Crippen LogP contribution in [0, 0.1) is 17.8 Å². The van der Waals surface area contributed by atoms with E-state index in [1.54, 1.807) is 34.5 Å². The van der Waals surface area contributed by atoms with Gasteiger partial charge in [0.05, 0.1) is 33.4 Å². The Morgan fingerprint density at radius 3 is 2.14 bits per heavy atom. The molecule has 0 spiro atoms. The fourth-order valence-electron chi connectivity index (χ4n) is 4.98. The summed E-state index contributed by atoms with van der Waals surface area (Å²) in [7, 11) is 6.21. The zero-order valence-electron chi connectivity index (χ0n) is 17.9. The predicted molar refractivity (Wildman–Crippen MR) is 110 cm³/mol. The molecule has 0 heterocycles. The number of aliphatic hydroxyl groups excluding tert-OH is 1. The third kappa shape index (κ3) is 2.97. The van der Waals surface area contributed by atoms with Gasteiger partial charge in [-0.3, -0.25) is 4.79 Å². The smallest absolute Gasteiger partial charge is 0.203 e. The number of Topliss-reactive ketones (excluding diaryl/α,β-unsaturated/α-hetero) is 1. The van der Waals surface area contributed by atoms with E-state index in [-0.39, 0.29) is 23.5 Å². The first-order valence-corrected chi connectivity index (χ1v) is 9.73. The van der Waals surface area contributed by atoms with E-state index in [1.807, 2.05) is 32.1 Å². The van der Waals surface area contributed by atoms with Crippen LogP contribution in [0.5, 0.6) is 17.2 Å². The molecule has 2 aliphatic rings. The molecule has 3 rings (SSSR count). The normalized spacial score (nSPS) is 31.8. The van der Waals surface area contributed by atoms with E-state index < -0.39 is 17.6 Å². The molecular weight excluding hydrogens is 372 g/mol. The minimum atomic E-state index is -1.08. The number of carbonyl (C=O) groups excluding carboxylic acids is 1. The van der Waals surface area contributed by atoms with Gasteiger partial charge in [0.2, 0.25) is 5.75 Å². The van der Waals surface area contributed by atoms with E-state index in [0.717, 1.165) is 11.1 Å². The number of hydrogen-bond donors (Lipinski definition) is 1.